The molecule has 0 saturated heterocycles. The first-order chi connectivity index (χ1) is 32.2. The van der Waals surface area contributed by atoms with Crippen LogP contribution in [0.5, 0.6) is 11.8 Å². The molecule has 6 aromatic heterocycles. The number of hydrogen-bond acceptors (Lipinski definition) is 17. The highest BCUT2D eigenvalue weighted by Gasteiger charge is 2.34. The number of aromatic nitrogens is 8. The Labute approximate surface area is 384 Å². The van der Waals surface area contributed by atoms with Crippen molar-refractivity contribution in [3.8, 4) is 11.8 Å². The molecule has 352 valence electrons. The number of amides is 3. The summed E-state index contributed by atoms with van der Waals surface area (Å²) in [5.41, 5.74) is 1.78. The number of ether oxygens (including phenoxy) is 3. The van der Waals surface area contributed by atoms with Crippen molar-refractivity contribution in [3.05, 3.63) is 72.3 Å². The normalized spacial score (nSPS) is 19.7. The van der Waals surface area contributed by atoms with Crippen molar-refractivity contribution >= 4 is 63.8 Å². The van der Waals surface area contributed by atoms with E-state index in [0.29, 0.717) is 76.9 Å². The standard InChI is InChI=1S/C25H31N7O5.C20H23N7O3/c1-25(2,3)37-24(35)31(4)20-12-19(28-17-6-5-11-26-23(17)36-14-7-8-14)30-21-15(13-27-32(20)21)22(34)29-16-9-10-18(16)33;1-21-17-9-16(24-14-3-2-8-22-20(14)30-11-4-5-11)26-18-12(10-23-27(17)18)19(29)25-13-6-7-15(13)28/h5-6,11-14,16,18,33H,7-10H2,1-4H3,(H,28,30)(H,29,34);2-3,8-11,13,15,21,28H,4-7H2,1H3,(H,24,26)(H,25,29)/t16?,18-;13?,15-/m11/s1. The fourth-order valence-electron chi connectivity index (χ4n) is 7.12. The zero-order valence-electron chi connectivity index (χ0n) is 37.8. The van der Waals surface area contributed by atoms with Crippen molar-refractivity contribution in [3.63, 3.8) is 0 Å². The molecule has 0 aliphatic heterocycles. The Morgan fingerprint density at radius 1 is 0.716 bits per heavy atom. The van der Waals surface area contributed by atoms with Crippen LogP contribution in [0.3, 0.4) is 0 Å². The third-order valence-electron chi connectivity index (χ3n) is 11.5. The van der Waals surface area contributed by atoms with Gasteiger partial charge in [-0.15, -0.1) is 0 Å². The molecule has 4 fully saturated rings. The van der Waals surface area contributed by atoms with E-state index in [1.165, 1.54) is 21.8 Å². The molecule has 0 aromatic carbocycles. The van der Waals surface area contributed by atoms with Gasteiger partial charge in [0.2, 0.25) is 11.8 Å². The van der Waals surface area contributed by atoms with E-state index in [4.69, 9.17) is 14.2 Å². The third-order valence-corrected chi connectivity index (χ3v) is 11.5. The molecule has 0 spiro atoms. The van der Waals surface area contributed by atoms with Gasteiger partial charge in [0.15, 0.2) is 11.3 Å². The van der Waals surface area contributed by atoms with Gasteiger partial charge in [-0.1, -0.05) is 0 Å². The van der Waals surface area contributed by atoms with Gasteiger partial charge in [0, 0.05) is 38.6 Å². The molecule has 6 heterocycles. The number of carbonyl (C=O) groups excluding carboxylic acids is 3. The number of fused-ring (bicyclic) bond motifs is 2. The Bertz CT molecular complexity index is 2800. The fourth-order valence-corrected chi connectivity index (χ4v) is 7.12. The van der Waals surface area contributed by atoms with Crippen LogP contribution in [-0.4, -0.2) is 123 Å². The molecule has 10 rings (SSSR count). The predicted molar refractivity (Wildman–Crippen MR) is 245 cm³/mol. The van der Waals surface area contributed by atoms with Gasteiger partial charge in [-0.2, -0.15) is 19.2 Å². The fraction of sp³-hybridized carbons (Fsp3) is 0.444. The molecule has 4 atom stereocenters. The Morgan fingerprint density at radius 3 is 1.66 bits per heavy atom. The molecule has 4 saturated carbocycles. The predicted octanol–water partition coefficient (Wildman–Crippen LogP) is 4.74. The molecule has 2 unspecified atom stereocenters. The van der Waals surface area contributed by atoms with E-state index in [1.807, 2.05) is 18.2 Å². The minimum Gasteiger partial charge on any atom is -0.473 e. The number of carbonyl (C=O) groups is 3. The molecule has 22 heteroatoms. The molecular weight excluding hydrogens is 865 g/mol. The van der Waals surface area contributed by atoms with Crippen molar-refractivity contribution < 1.29 is 38.8 Å². The highest BCUT2D eigenvalue weighted by atomic mass is 16.6. The van der Waals surface area contributed by atoms with Gasteiger partial charge in [-0.3, -0.25) is 14.5 Å². The molecule has 67 heavy (non-hydrogen) atoms. The van der Waals surface area contributed by atoms with Crippen molar-refractivity contribution in [2.75, 3.05) is 34.9 Å². The first kappa shape index (κ1) is 44.9. The van der Waals surface area contributed by atoms with E-state index in [0.717, 1.165) is 32.1 Å². The lowest BCUT2D eigenvalue weighted by Gasteiger charge is -2.32. The molecule has 0 radical (unpaired) electrons. The van der Waals surface area contributed by atoms with Gasteiger partial charge in [0.1, 0.15) is 63.6 Å². The zero-order chi connectivity index (χ0) is 47.0. The Kier molecular flexibility index (Phi) is 12.4. The minimum absolute atomic E-state index is 0.145. The van der Waals surface area contributed by atoms with Gasteiger partial charge in [0.05, 0.1) is 36.7 Å². The lowest BCUT2D eigenvalue weighted by molar-refractivity contribution is 0.0448. The maximum atomic E-state index is 13.1. The van der Waals surface area contributed by atoms with E-state index in [-0.39, 0.29) is 41.4 Å². The van der Waals surface area contributed by atoms with Crippen molar-refractivity contribution in [1.82, 2.24) is 49.8 Å². The van der Waals surface area contributed by atoms with Crippen LogP contribution in [0, 0.1) is 0 Å². The van der Waals surface area contributed by atoms with Crippen LogP contribution in [0.4, 0.5) is 39.4 Å². The summed E-state index contributed by atoms with van der Waals surface area (Å²) in [7, 11) is 3.33. The number of aliphatic hydroxyl groups excluding tert-OH is 2. The maximum absolute atomic E-state index is 13.1. The second-order valence-corrected chi connectivity index (χ2v) is 17.9. The van der Waals surface area contributed by atoms with E-state index in [1.54, 1.807) is 70.0 Å². The van der Waals surface area contributed by atoms with E-state index < -0.39 is 29.8 Å². The average Bonchev–Trinajstić information content (AvgIpc) is 4.23. The second kappa shape index (κ2) is 18.5. The summed E-state index contributed by atoms with van der Waals surface area (Å²) in [6, 6.07) is 10.2. The smallest absolute Gasteiger partial charge is 0.415 e. The summed E-state index contributed by atoms with van der Waals surface area (Å²) in [4.78, 5) is 57.9. The summed E-state index contributed by atoms with van der Waals surface area (Å²) < 4.78 is 20.3. The highest BCUT2D eigenvalue weighted by Crippen LogP contribution is 2.34. The SMILES string of the molecule is CN(C(=O)OC(C)(C)C)c1cc(Nc2cccnc2OC2CC2)nc2c(C(=O)NC3CC[C@H]3O)cnn12.CNc1cc(Nc2cccnc2OC2CC2)nc2c(C(=O)NC3CC[C@H]3O)cnn12. The third kappa shape index (κ3) is 10.2. The Morgan fingerprint density at radius 2 is 1.21 bits per heavy atom. The number of anilines is 6. The lowest BCUT2D eigenvalue weighted by Crippen LogP contribution is -2.50. The first-order valence-corrected chi connectivity index (χ1v) is 22.4. The monoisotopic (exact) mass is 918 g/mol. The van der Waals surface area contributed by atoms with Gasteiger partial charge in [0.25, 0.3) is 11.8 Å². The van der Waals surface area contributed by atoms with Crippen LogP contribution in [0.2, 0.25) is 0 Å². The van der Waals surface area contributed by atoms with Crippen LogP contribution in [0.15, 0.2) is 61.2 Å². The Balaban J connectivity index is 0.000000171. The number of pyridine rings is 2. The number of hydrogen-bond donors (Lipinski definition) is 7. The van der Waals surface area contributed by atoms with E-state index in [9.17, 15) is 24.6 Å². The maximum Gasteiger partial charge on any atom is 0.415 e. The van der Waals surface area contributed by atoms with E-state index in [2.05, 4.69) is 56.7 Å². The lowest BCUT2D eigenvalue weighted by atomic mass is 9.89. The quantitative estimate of drug-likeness (QED) is 0.0778. The van der Waals surface area contributed by atoms with Crippen molar-refractivity contribution in [1.29, 1.82) is 0 Å². The number of rotatable bonds is 14. The minimum atomic E-state index is -0.706. The van der Waals surface area contributed by atoms with Crippen LogP contribution in [0.25, 0.3) is 11.3 Å². The molecule has 0 bridgehead atoms. The number of aliphatic hydroxyl groups is 2. The average molecular weight is 919 g/mol. The number of nitrogens with one attached hydrogen (secondary N) is 5. The van der Waals surface area contributed by atoms with Gasteiger partial charge in [-0.05, 0) is 96.4 Å². The van der Waals surface area contributed by atoms with Crippen LogP contribution >= 0.6 is 0 Å². The summed E-state index contributed by atoms with van der Waals surface area (Å²) in [5.74, 6) is 2.13. The second-order valence-electron chi connectivity index (χ2n) is 17.9. The van der Waals surface area contributed by atoms with Crippen LogP contribution < -0.4 is 41.0 Å². The molecule has 4 aliphatic rings. The largest absolute Gasteiger partial charge is 0.473 e. The molecule has 7 N–H and O–H groups in total. The Hall–Kier alpha value is -7.33. The molecular formula is C45H54N14O8. The molecule has 6 aromatic rings. The zero-order valence-corrected chi connectivity index (χ0v) is 37.8. The summed E-state index contributed by atoms with van der Waals surface area (Å²) in [6.07, 6.45) is 11.8. The molecule has 22 nitrogen and oxygen atoms in total. The summed E-state index contributed by atoms with van der Waals surface area (Å²) in [5, 5.41) is 43.5. The van der Waals surface area contributed by atoms with Crippen molar-refractivity contribution in [2.24, 2.45) is 0 Å². The van der Waals surface area contributed by atoms with E-state index >= 15 is 0 Å². The molecule has 3 amide bonds. The van der Waals surface area contributed by atoms with Gasteiger partial charge < -0.3 is 51.0 Å². The first-order valence-electron chi connectivity index (χ1n) is 22.4. The van der Waals surface area contributed by atoms with Crippen LogP contribution in [-0.2, 0) is 4.74 Å². The van der Waals surface area contributed by atoms with Crippen LogP contribution in [0.1, 0.15) is 92.9 Å². The highest BCUT2D eigenvalue weighted by molar-refractivity contribution is 6.01. The summed E-state index contributed by atoms with van der Waals surface area (Å²) >= 11 is 0. The molecule has 4 aliphatic carbocycles. The van der Waals surface area contributed by atoms with Gasteiger partial charge in [-0.25, -0.2) is 24.7 Å². The number of nitrogens with zero attached hydrogens (tertiary/aromatic N) is 9. The van der Waals surface area contributed by atoms with Gasteiger partial charge >= 0.3 is 6.09 Å². The van der Waals surface area contributed by atoms with Crippen molar-refractivity contribution in [2.45, 2.75) is 114 Å². The topological polar surface area (TPSA) is 269 Å². The summed E-state index contributed by atoms with van der Waals surface area (Å²) in [6.45, 7) is 5.34.